The minimum Gasteiger partial charge on any atom is -0.351 e. The lowest BCUT2D eigenvalue weighted by atomic mass is 10.1. The number of hydrogen-bond acceptors (Lipinski definition) is 6. The highest BCUT2D eigenvalue weighted by atomic mass is 79.9. The van der Waals surface area contributed by atoms with Gasteiger partial charge in [0.05, 0.1) is 28.7 Å². The summed E-state index contributed by atoms with van der Waals surface area (Å²) >= 11 is 3.30. The van der Waals surface area contributed by atoms with Gasteiger partial charge in [0, 0.05) is 23.5 Å². The highest BCUT2D eigenvalue weighted by Crippen LogP contribution is 2.26. The van der Waals surface area contributed by atoms with E-state index in [1.54, 1.807) is 18.2 Å². The minimum atomic E-state index is -3.17. The van der Waals surface area contributed by atoms with Gasteiger partial charge in [-0.15, -0.1) is 0 Å². The molecule has 0 saturated carbocycles. The Morgan fingerprint density at radius 3 is 2.53 bits per heavy atom. The van der Waals surface area contributed by atoms with E-state index in [4.69, 9.17) is 0 Å². The van der Waals surface area contributed by atoms with Gasteiger partial charge in [0.15, 0.2) is 9.84 Å². The molecule has 0 radical (unpaired) electrons. The van der Waals surface area contributed by atoms with Crippen LogP contribution in [0.4, 0.5) is 0 Å². The molecule has 1 aromatic carbocycles. The third-order valence-electron chi connectivity index (χ3n) is 6.00. The summed E-state index contributed by atoms with van der Waals surface area (Å²) in [5.74, 6) is -0.900. The van der Waals surface area contributed by atoms with Crippen molar-refractivity contribution in [3.8, 4) is 0 Å². The van der Waals surface area contributed by atoms with E-state index in [0.29, 0.717) is 17.5 Å². The molecule has 2 fully saturated rings. The van der Waals surface area contributed by atoms with Gasteiger partial charge in [-0.05, 0) is 50.6 Å². The van der Waals surface area contributed by atoms with Crippen molar-refractivity contribution in [3.63, 3.8) is 0 Å². The predicted molar refractivity (Wildman–Crippen MR) is 114 cm³/mol. The molecule has 30 heavy (non-hydrogen) atoms. The summed E-state index contributed by atoms with van der Waals surface area (Å²) in [5, 5.41) is 2.88. The summed E-state index contributed by atoms with van der Waals surface area (Å²) in [6.45, 7) is 1.88. The van der Waals surface area contributed by atoms with E-state index in [1.807, 2.05) is 0 Å². The lowest BCUT2D eigenvalue weighted by Crippen LogP contribution is -2.50. The molecule has 0 aliphatic carbocycles. The molecular formula is C20H24BrN3O5S. The van der Waals surface area contributed by atoms with Crippen molar-refractivity contribution in [2.45, 2.75) is 37.8 Å². The van der Waals surface area contributed by atoms with Crippen molar-refractivity contribution in [1.82, 2.24) is 15.1 Å². The van der Waals surface area contributed by atoms with Crippen molar-refractivity contribution in [2.75, 3.05) is 31.1 Å². The number of carbonyl (C=O) groups excluding carboxylic acids is 3. The Morgan fingerprint density at radius 2 is 1.80 bits per heavy atom. The number of nitrogens with one attached hydrogen (secondary N) is 1. The molecule has 0 bridgehead atoms. The Hall–Kier alpha value is -1.78. The van der Waals surface area contributed by atoms with E-state index in [0.717, 1.165) is 35.3 Å². The van der Waals surface area contributed by atoms with Crippen molar-refractivity contribution in [3.05, 3.63) is 33.8 Å². The zero-order chi connectivity index (χ0) is 21.5. The van der Waals surface area contributed by atoms with E-state index < -0.39 is 15.9 Å². The van der Waals surface area contributed by atoms with E-state index in [1.165, 1.54) is 0 Å². The SMILES string of the molecule is O=C(CCCN1C(=O)c2ccc(Br)cc2C1=O)NC1CS(=O)(=O)CC1N1CCCC1. The van der Waals surface area contributed by atoms with Crippen LogP contribution in [-0.2, 0) is 14.6 Å². The second-order valence-corrected chi connectivity index (χ2v) is 11.2. The van der Waals surface area contributed by atoms with Crippen LogP contribution in [0.5, 0.6) is 0 Å². The monoisotopic (exact) mass is 497 g/mol. The second kappa shape index (κ2) is 8.39. The Labute approximate surface area is 184 Å². The zero-order valence-corrected chi connectivity index (χ0v) is 18.9. The number of rotatable bonds is 6. The molecule has 4 rings (SSSR count). The van der Waals surface area contributed by atoms with Gasteiger partial charge in [-0.1, -0.05) is 15.9 Å². The molecule has 2 unspecified atom stereocenters. The van der Waals surface area contributed by atoms with Crippen LogP contribution in [0.2, 0.25) is 0 Å². The summed E-state index contributed by atoms with van der Waals surface area (Å²) in [6.07, 6.45) is 2.55. The van der Waals surface area contributed by atoms with Crippen LogP contribution >= 0.6 is 15.9 Å². The molecule has 162 valence electrons. The Morgan fingerprint density at radius 1 is 1.10 bits per heavy atom. The predicted octanol–water partition coefficient (Wildman–Crippen LogP) is 1.20. The van der Waals surface area contributed by atoms with Crippen LogP contribution < -0.4 is 5.32 Å². The first kappa shape index (κ1) is 21.5. The van der Waals surface area contributed by atoms with Crippen LogP contribution in [0, 0.1) is 0 Å². The second-order valence-electron chi connectivity index (χ2n) is 8.12. The van der Waals surface area contributed by atoms with Gasteiger partial charge in [-0.2, -0.15) is 0 Å². The Bertz CT molecular complexity index is 990. The van der Waals surface area contributed by atoms with E-state index in [-0.39, 0.29) is 48.2 Å². The number of likely N-dealkylation sites (tertiary alicyclic amines) is 1. The molecule has 2 saturated heterocycles. The number of halogens is 1. The first-order valence-corrected chi connectivity index (χ1v) is 12.8. The molecule has 0 spiro atoms. The van der Waals surface area contributed by atoms with Crippen LogP contribution in [0.3, 0.4) is 0 Å². The number of benzene rings is 1. The van der Waals surface area contributed by atoms with Crippen LogP contribution in [0.1, 0.15) is 46.4 Å². The fourth-order valence-electron chi connectivity index (χ4n) is 4.54. The van der Waals surface area contributed by atoms with Gasteiger partial charge >= 0.3 is 0 Å². The van der Waals surface area contributed by atoms with Gasteiger partial charge < -0.3 is 5.32 Å². The first-order chi connectivity index (χ1) is 14.2. The van der Waals surface area contributed by atoms with Gasteiger partial charge in [-0.3, -0.25) is 24.2 Å². The number of amides is 3. The molecule has 2 atom stereocenters. The zero-order valence-electron chi connectivity index (χ0n) is 16.5. The Kier molecular flexibility index (Phi) is 6.00. The van der Waals surface area contributed by atoms with Gasteiger partial charge in [0.1, 0.15) is 0 Å². The topological polar surface area (TPSA) is 104 Å². The molecular weight excluding hydrogens is 474 g/mol. The summed E-state index contributed by atoms with van der Waals surface area (Å²) in [7, 11) is -3.17. The van der Waals surface area contributed by atoms with E-state index >= 15 is 0 Å². The number of sulfone groups is 1. The summed E-state index contributed by atoms with van der Waals surface area (Å²) in [4.78, 5) is 40.7. The van der Waals surface area contributed by atoms with Gasteiger partial charge in [-0.25, -0.2) is 8.42 Å². The average Bonchev–Trinajstić information content (AvgIpc) is 3.36. The van der Waals surface area contributed by atoms with Crippen molar-refractivity contribution >= 4 is 43.5 Å². The molecule has 3 amide bonds. The third kappa shape index (κ3) is 4.31. The maximum absolute atomic E-state index is 12.5. The maximum Gasteiger partial charge on any atom is 0.261 e. The fourth-order valence-corrected chi connectivity index (χ4v) is 6.86. The Balaban J connectivity index is 1.31. The highest BCUT2D eigenvalue weighted by Gasteiger charge is 2.42. The molecule has 3 aliphatic heterocycles. The maximum atomic E-state index is 12.5. The number of nitrogens with zero attached hydrogens (tertiary/aromatic N) is 2. The van der Waals surface area contributed by atoms with Crippen molar-refractivity contribution < 1.29 is 22.8 Å². The molecule has 0 aromatic heterocycles. The molecule has 1 aromatic rings. The largest absolute Gasteiger partial charge is 0.351 e. The minimum absolute atomic E-state index is 0.0345. The van der Waals surface area contributed by atoms with E-state index in [9.17, 15) is 22.8 Å². The highest BCUT2D eigenvalue weighted by molar-refractivity contribution is 9.10. The van der Waals surface area contributed by atoms with Gasteiger partial charge in [0.2, 0.25) is 5.91 Å². The lowest BCUT2D eigenvalue weighted by molar-refractivity contribution is -0.122. The number of carbonyl (C=O) groups is 3. The number of hydrogen-bond donors (Lipinski definition) is 1. The van der Waals surface area contributed by atoms with Crippen LogP contribution in [-0.4, -0.2) is 79.2 Å². The molecule has 10 heteroatoms. The standard InChI is InChI=1S/C20H24BrN3O5S/c21-13-5-6-14-15(10-13)20(27)24(19(14)26)9-3-4-18(25)22-16-11-30(28,29)12-17(16)23-7-1-2-8-23/h5-6,10,16-17H,1-4,7-9,11-12H2,(H,22,25). The summed E-state index contributed by atoms with van der Waals surface area (Å²) in [5.41, 5.74) is 0.737. The average molecular weight is 498 g/mol. The van der Waals surface area contributed by atoms with Crippen molar-refractivity contribution in [1.29, 1.82) is 0 Å². The quantitative estimate of drug-likeness (QED) is 0.592. The molecule has 8 nitrogen and oxygen atoms in total. The van der Waals surface area contributed by atoms with Crippen LogP contribution in [0.15, 0.2) is 22.7 Å². The summed E-state index contributed by atoms with van der Waals surface area (Å²) in [6, 6.07) is 4.38. The molecule has 1 N–H and O–H groups in total. The van der Waals surface area contributed by atoms with Crippen LogP contribution in [0.25, 0.3) is 0 Å². The number of fused-ring (bicyclic) bond motifs is 1. The fraction of sp³-hybridized carbons (Fsp3) is 0.550. The first-order valence-electron chi connectivity index (χ1n) is 10.1. The molecule has 3 aliphatic rings. The summed E-state index contributed by atoms with van der Waals surface area (Å²) < 4.78 is 25.0. The number of imide groups is 1. The van der Waals surface area contributed by atoms with Crippen molar-refractivity contribution in [2.24, 2.45) is 0 Å². The smallest absolute Gasteiger partial charge is 0.261 e. The normalized spacial score (nSPS) is 25.7. The lowest BCUT2D eigenvalue weighted by Gasteiger charge is -2.28. The van der Waals surface area contributed by atoms with Gasteiger partial charge in [0.25, 0.3) is 11.8 Å². The van der Waals surface area contributed by atoms with E-state index in [2.05, 4.69) is 26.1 Å². The third-order valence-corrected chi connectivity index (χ3v) is 8.21. The molecule has 3 heterocycles.